The summed E-state index contributed by atoms with van der Waals surface area (Å²) in [4.78, 5) is 14.6. The Hall–Kier alpha value is -2.63. The zero-order valence-electron chi connectivity index (χ0n) is 17.8. The predicted octanol–water partition coefficient (Wildman–Crippen LogP) is 3.75. The summed E-state index contributed by atoms with van der Waals surface area (Å²) >= 11 is 0. The first-order valence-corrected chi connectivity index (χ1v) is 10.7. The second kappa shape index (κ2) is 12.2. The van der Waals surface area contributed by atoms with Crippen molar-refractivity contribution >= 4 is 12.0 Å². The molecule has 1 saturated heterocycles. The Morgan fingerprint density at radius 2 is 1.93 bits per heavy atom. The molecular weight excluding hydrogens is 376 g/mol. The Labute approximate surface area is 179 Å². The van der Waals surface area contributed by atoms with Crippen LogP contribution in [-0.4, -0.2) is 50.7 Å². The van der Waals surface area contributed by atoms with Crippen LogP contribution in [0.1, 0.15) is 24.0 Å². The smallest absolute Gasteiger partial charge is 0.244 e. The van der Waals surface area contributed by atoms with E-state index in [4.69, 9.17) is 9.47 Å². The maximum atomic E-state index is 12.2. The Morgan fingerprint density at radius 3 is 2.70 bits per heavy atom. The summed E-state index contributed by atoms with van der Waals surface area (Å²) in [6.45, 7) is 5.20. The molecule has 5 nitrogen and oxygen atoms in total. The maximum absolute atomic E-state index is 12.2. The number of hydrogen-bond acceptors (Lipinski definition) is 4. The minimum absolute atomic E-state index is 0.0487. The summed E-state index contributed by atoms with van der Waals surface area (Å²) < 4.78 is 11.0. The molecule has 0 atom stereocenters. The molecule has 0 aliphatic carbocycles. The molecule has 1 aliphatic rings. The third kappa shape index (κ3) is 7.65. The van der Waals surface area contributed by atoms with Crippen molar-refractivity contribution in [2.45, 2.75) is 19.4 Å². The van der Waals surface area contributed by atoms with Crippen molar-refractivity contribution in [3.63, 3.8) is 0 Å². The summed E-state index contributed by atoms with van der Waals surface area (Å²) in [5, 5.41) is 3.04. The number of likely N-dealkylation sites (tertiary alicyclic amines) is 1. The molecule has 2 aromatic carbocycles. The molecule has 1 aliphatic heterocycles. The first-order valence-electron chi connectivity index (χ1n) is 10.7. The predicted molar refractivity (Wildman–Crippen MR) is 120 cm³/mol. The molecule has 1 heterocycles. The molecule has 30 heavy (non-hydrogen) atoms. The van der Waals surface area contributed by atoms with Gasteiger partial charge in [0.2, 0.25) is 5.91 Å². The summed E-state index contributed by atoms with van der Waals surface area (Å²) in [6.07, 6.45) is 5.67. The van der Waals surface area contributed by atoms with Gasteiger partial charge in [-0.05, 0) is 61.2 Å². The second-order valence-electron chi connectivity index (χ2n) is 7.70. The molecule has 1 N–H and O–H groups in total. The van der Waals surface area contributed by atoms with Crippen molar-refractivity contribution in [2.75, 3.05) is 39.9 Å². The lowest BCUT2D eigenvalue weighted by Crippen LogP contribution is -2.39. The lowest BCUT2D eigenvalue weighted by atomic mass is 9.97. The van der Waals surface area contributed by atoms with E-state index in [1.807, 2.05) is 60.7 Å². The molecule has 0 bridgehead atoms. The number of carbonyl (C=O) groups is 1. The van der Waals surface area contributed by atoms with E-state index in [-0.39, 0.29) is 5.91 Å². The summed E-state index contributed by atoms with van der Waals surface area (Å²) in [5.74, 6) is 1.30. The van der Waals surface area contributed by atoms with Gasteiger partial charge >= 0.3 is 0 Å². The Balaban J connectivity index is 1.39. The quantitative estimate of drug-likeness (QED) is 0.609. The van der Waals surface area contributed by atoms with Gasteiger partial charge in [0.1, 0.15) is 12.4 Å². The highest BCUT2D eigenvalue weighted by Crippen LogP contribution is 2.17. The van der Waals surface area contributed by atoms with Crippen LogP contribution in [0.5, 0.6) is 5.75 Å². The number of hydrogen-bond donors (Lipinski definition) is 1. The number of piperidine rings is 1. The molecule has 0 aromatic heterocycles. The molecule has 0 spiro atoms. The number of ether oxygens (including phenoxy) is 2. The third-order valence-electron chi connectivity index (χ3n) is 5.42. The van der Waals surface area contributed by atoms with Crippen LogP contribution in [0.4, 0.5) is 0 Å². The highest BCUT2D eigenvalue weighted by atomic mass is 16.5. The molecule has 1 fully saturated rings. The second-order valence-corrected chi connectivity index (χ2v) is 7.70. The summed E-state index contributed by atoms with van der Waals surface area (Å²) in [7, 11) is 1.74. The maximum Gasteiger partial charge on any atom is 0.244 e. The van der Waals surface area contributed by atoms with E-state index in [1.54, 1.807) is 13.2 Å². The number of methoxy groups -OCH3 is 1. The Kier molecular flexibility index (Phi) is 8.94. The van der Waals surface area contributed by atoms with Crippen molar-refractivity contribution in [3.05, 3.63) is 71.8 Å². The summed E-state index contributed by atoms with van der Waals surface area (Å²) in [5.41, 5.74) is 2.07. The molecule has 160 valence electrons. The van der Waals surface area contributed by atoms with Crippen molar-refractivity contribution in [1.82, 2.24) is 10.2 Å². The fraction of sp³-hybridized carbons (Fsp3) is 0.400. The van der Waals surface area contributed by atoms with Crippen molar-refractivity contribution in [3.8, 4) is 5.75 Å². The van der Waals surface area contributed by atoms with Crippen LogP contribution in [-0.2, 0) is 16.1 Å². The van der Waals surface area contributed by atoms with Crippen LogP contribution < -0.4 is 10.1 Å². The van der Waals surface area contributed by atoms with Crippen LogP contribution in [0.2, 0.25) is 0 Å². The van der Waals surface area contributed by atoms with Gasteiger partial charge in [0.15, 0.2) is 0 Å². The van der Waals surface area contributed by atoms with Crippen LogP contribution in [0.25, 0.3) is 6.08 Å². The van der Waals surface area contributed by atoms with Gasteiger partial charge in [0, 0.05) is 26.3 Å². The zero-order chi connectivity index (χ0) is 21.0. The molecule has 3 rings (SSSR count). The van der Waals surface area contributed by atoms with Gasteiger partial charge in [-0.15, -0.1) is 0 Å². The van der Waals surface area contributed by atoms with Crippen molar-refractivity contribution in [1.29, 1.82) is 0 Å². The first-order chi connectivity index (χ1) is 14.7. The van der Waals surface area contributed by atoms with Crippen LogP contribution in [0.15, 0.2) is 60.7 Å². The van der Waals surface area contributed by atoms with Crippen molar-refractivity contribution in [2.24, 2.45) is 5.92 Å². The molecule has 0 saturated carbocycles. The fourth-order valence-electron chi connectivity index (χ4n) is 3.56. The van der Waals surface area contributed by atoms with Gasteiger partial charge < -0.3 is 19.7 Å². The Bertz CT molecular complexity index is 799. The SMILES string of the molecule is COCCN1CCC(CNC(=O)/C=C/c2cccc(OCc3ccccc3)c2)CC1. The zero-order valence-corrected chi connectivity index (χ0v) is 17.8. The average molecular weight is 409 g/mol. The van der Waals surface area contributed by atoms with Crippen LogP contribution in [0, 0.1) is 5.92 Å². The van der Waals surface area contributed by atoms with Crippen LogP contribution in [0.3, 0.4) is 0 Å². The molecule has 1 amide bonds. The van der Waals surface area contributed by atoms with E-state index in [0.29, 0.717) is 12.5 Å². The van der Waals surface area contributed by atoms with Gasteiger partial charge in [-0.1, -0.05) is 42.5 Å². The molecule has 5 heteroatoms. The standard InChI is InChI=1S/C25H32N2O3/c1-29-17-16-27-14-12-22(13-15-27)19-26-25(28)11-10-21-8-5-9-24(18-21)30-20-23-6-3-2-4-7-23/h2-11,18,22H,12-17,19-20H2,1H3,(H,26,28)/b11-10+. The van der Waals surface area contributed by atoms with E-state index in [1.165, 1.54) is 0 Å². The minimum Gasteiger partial charge on any atom is -0.489 e. The number of nitrogens with one attached hydrogen (secondary N) is 1. The van der Waals surface area contributed by atoms with Gasteiger partial charge in [-0.3, -0.25) is 4.79 Å². The van der Waals surface area contributed by atoms with E-state index in [2.05, 4.69) is 10.2 Å². The van der Waals surface area contributed by atoms with E-state index in [9.17, 15) is 4.79 Å². The average Bonchev–Trinajstić information content (AvgIpc) is 2.80. The topological polar surface area (TPSA) is 50.8 Å². The third-order valence-corrected chi connectivity index (χ3v) is 5.42. The van der Waals surface area contributed by atoms with E-state index < -0.39 is 0 Å². The molecule has 2 aromatic rings. The molecule has 0 radical (unpaired) electrons. The first kappa shape index (κ1) is 22.1. The number of carbonyl (C=O) groups excluding carboxylic acids is 1. The summed E-state index contributed by atoms with van der Waals surface area (Å²) in [6, 6.07) is 17.9. The number of rotatable bonds is 10. The van der Waals surface area contributed by atoms with Crippen molar-refractivity contribution < 1.29 is 14.3 Å². The minimum atomic E-state index is -0.0487. The monoisotopic (exact) mass is 408 g/mol. The highest BCUT2D eigenvalue weighted by Gasteiger charge is 2.18. The molecular formula is C25H32N2O3. The van der Waals surface area contributed by atoms with Gasteiger partial charge in [-0.2, -0.15) is 0 Å². The highest BCUT2D eigenvalue weighted by molar-refractivity contribution is 5.91. The van der Waals surface area contributed by atoms with Gasteiger partial charge in [0.25, 0.3) is 0 Å². The largest absolute Gasteiger partial charge is 0.489 e. The van der Waals surface area contributed by atoms with E-state index >= 15 is 0 Å². The van der Waals surface area contributed by atoms with E-state index in [0.717, 1.165) is 62.5 Å². The number of nitrogens with zero attached hydrogens (tertiary/aromatic N) is 1. The normalized spacial score (nSPS) is 15.4. The van der Waals surface area contributed by atoms with Crippen LogP contribution >= 0.6 is 0 Å². The fourth-order valence-corrected chi connectivity index (χ4v) is 3.56. The Morgan fingerprint density at radius 1 is 1.13 bits per heavy atom. The lowest BCUT2D eigenvalue weighted by molar-refractivity contribution is -0.116. The van der Waals surface area contributed by atoms with Gasteiger partial charge in [-0.25, -0.2) is 0 Å². The van der Waals surface area contributed by atoms with Gasteiger partial charge in [0.05, 0.1) is 6.61 Å². The molecule has 0 unspecified atom stereocenters. The number of amides is 1. The number of benzene rings is 2. The lowest BCUT2D eigenvalue weighted by Gasteiger charge is -2.31.